The largest absolute Gasteiger partial charge is 0.493 e. The zero-order valence-electron chi connectivity index (χ0n) is 13.2. The number of hydrogen-bond donors (Lipinski definition) is 2. The molecule has 0 atom stereocenters. The summed E-state index contributed by atoms with van der Waals surface area (Å²) in [6.45, 7) is 5.22. The second-order valence-corrected chi connectivity index (χ2v) is 5.78. The van der Waals surface area contributed by atoms with Gasteiger partial charge in [0.15, 0.2) is 0 Å². The maximum Gasteiger partial charge on any atom is 0.337 e. The number of hydrogen-bond acceptors (Lipinski definition) is 3. The Labute approximate surface area is 141 Å². The highest BCUT2D eigenvalue weighted by atomic mass is 35.5. The number of carbonyl (C=O) groups is 1. The van der Waals surface area contributed by atoms with Gasteiger partial charge in [0.05, 0.1) is 12.2 Å². The Kier molecular flexibility index (Phi) is 5.88. The number of halogens is 1. The number of carboxylic acid groups (broad SMARTS) is 1. The van der Waals surface area contributed by atoms with E-state index in [1.807, 2.05) is 32.0 Å². The third-order valence-electron chi connectivity index (χ3n) is 3.50. The summed E-state index contributed by atoms with van der Waals surface area (Å²) in [4.78, 5) is 11.2. The Morgan fingerprint density at radius 1 is 1.22 bits per heavy atom. The van der Waals surface area contributed by atoms with Crippen molar-refractivity contribution in [1.29, 1.82) is 0 Å². The molecule has 0 bridgehead atoms. The fraction of sp³-hybridized carbons (Fsp3) is 0.278. The lowest BCUT2D eigenvalue weighted by atomic mass is 10.1. The fourth-order valence-electron chi connectivity index (χ4n) is 2.34. The predicted molar refractivity (Wildman–Crippen MR) is 92.9 cm³/mol. The Morgan fingerprint density at radius 2 is 1.91 bits per heavy atom. The molecule has 2 aromatic rings. The molecule has 5 heteroatoms. The molecule has 0 aliphatic heterocycles. The number of anilines is 1. The average molecular weight is 334 g/mol. The molecular weight excluding hydrogens is 314 g/mol. The van der Waals surface area contributed by atoms with Crippen LogP contribution in [-0.4, -0.2) is 24.2 Å². The van der Waals surface area contributed by atoms with Crippen molar-refractivity contribution >= 4 is 23.3 Å². The van der Waals surface area contributed by atoms with Crippen molar-refractivity contribution < 1.29 is 14.6 Å². The maximum atomic E-state index is 11.2. The fourth-order valence-corrected chi connectivity index (χ4v) is 2.52. The molecular formula is C18H20ClNO3. The van der Waals surface area contributed by atoms with Crippen molar-refractivity contribution in [2.75, 3.05) is 18.5 Å². The van der Waals surface area contributed by atoms with Gasteiger partial charge in [-0.25, -0.2) is 4.79 Å². The first-order valence-electron chi connectivity index (χ1n) is 7.45. The molecule has 0 saturated heterocycles. The topological polar surface area (TPSA) is 58.6 Å². The summed E-state index contributed by atoms with van der Waals surface area (Å²) < 4.78 is 5.82. The lowest BCUT2D eigenvalue weighted by molar-refractivity contribution is 0.0698. The molecule has 0 aliphatic rings. The van der Waals surface area contributed by atoms with E-state index in [9.17, 15) is 9.90 Å². The van der Waals surface area contributed by atoms with Gasteiger partial charge in [-0.1, -0.05) is 29.8 Å². The molecule has 0 fully saturated rings. The molecule has 23 heavy (non-hydrogen) atoms. The van der Waals surface area contributed by atoms with Gasteiger partial charge in [0.25, 0.3) is 0 Å². The predicted octanol–water partition coefficient (Wildman–Crippen LogP) is 4.54. The quantitative estimate of drug-likeness (QED) is 0.730. The van der Waals surface area contributed by atoms with Gasteiger partial charge in [-0.05, 0) is 49.6 Å². The molecule has 4 nitrogen and oxygen atoms in total. The Hall–Kier alpha value is -2.20. The van der Waals surface area contributed by atoms with Crippen molar-refractivity contribution in [1.82, 2.24) is 0 Å². The third-order valence-corrected chi connectivity index (χ3v) is 3.74. The smallest absolute Gasteiger partial charge is 0.337 e. The molecule has 122 valence electrons. The van der Waals surface area contributed by atoms with Gasteiger partial charge < -0.3 is 15.2 Å². The summed E-state index contributed by atoms with van der Waals surface area (Å²) in [5.74, 6) is -0.0768. The van der Waals surface area contributed by atoms with Crippen molar-refractivity contribution in [3.8, 4) is 5.75 Å². The minimum Gasteiger partial charge on any atom is -0.493 e. The molecule has 0 saturated carbocycles. The summed E-state index contributed by atoms with van der Waals surface area (Å²) in [7, 11) is 0. The first-order valence-corrected chi connectivity index (χ1v) is 7.82. The second kappa shape index (κ2) is 7.88. The van der Waals surface area contributed by atoms with E-state index in [4.69, 9.17) is 16.3 Å². The summed E-state index contributed by atoms with van der Waals surface area (Å²) in [5.41, 5.74) is 2.97. The first-order chi connectivity index (χ1) is 11.0. The van der Waals surface area contributed by atoms with Gasteiger partial charge in [-0.2, -0.15) is 0 Å². The summed E-state index contributed by atoms with van der Waals surface area (Å²) in [6.07, 6.45) is 0.759. The second-order valence-electron chi connectivity index (χ2n) is 5.34. The summed E-state index contributed by atoms with van der Waals surface area (Å²) in [5, 5.41) is 12.7. The summed E-state index contributed by atoms with van der Waals surface area (Å²) >= 11 is 5.83. The van der Waals surface area contributed by atoms with Gasteiger partial charge in [-0.15, -0.1) is 0 Å². The van der Waals surface area contributed by atoms with Gasteiger partial charge in [-0.3, -0.25) is 0 Å². The number of nitrogens with one attached hydrogen (secondary N) is 1. The number of aryl methyl sites for hydroxylation is 2. The van der Waals surface area contributed by atoms with Gasteiger partial charge in [0, 0.05) is 17.3 Å². The lowest BCUT2D eigenvalue weighted by Gasteiger charge is -2.13. The van der Waals surface area contributed by atoms with E-state index in [0.717, 1.165) is 23.3 Å². The van der Waals surface area contributed by atoms with Crippen LogP contribution in [0.2, 0.25) is 5.02 Å². The molecule has 0 radical (unpaired) electrons. The van der Waals surface area contributed by atoms with Crippen LogP contribution in [0.3, 0.4) is 0 Å². The molecule has 2 aromatic carbocycles. The van der Waals surface area contributed by atoms with Crippen LogP contribution in [0.5, 0.6) is 5.75 Å². The molecule has 0 unspecified atom stereocenters. The normalized spacial score (nSPS) is 10.4. The minimum atomic E-state index is -0.998. The van der Waals surface area contributed by atoms with Crippen LogP contribution in [0.15, 0.2) is 36.4 Å². The van der Waals surface area contributed by atoms with Crippen LogP contribution in [0.4, 0.5) is 5.69 Å². The van der Waals surface area contributed by atoms with Crippen LogP contribution in [-0.2, 0) is 0 Å². The van der Waals surface area contributed by atoms with Crippen molar-refractivity contribution in [2.45, 2.75) is 20.3 Å². The number of carboxylic acids is 1. The zero-order chi connectivity index (χ0) is 16.8. The zero-order valence-corrected chi connectivity index (χ0v) is 14.0. The first kappa shape index (κ1) is 17.2. The van der Waals surface area contributed by atoms with Gasteiger partial charge in [0.2, 0.25) is 0 Å². The Bertz CT molecular complexity index is 680. The van der Waals surface area contributed by atoms with E-state index in [1.54, 1.807) is 12.1 Å². The average Bonchev–Trinajstić information content (AvgIpc) is 2.50. The SMILES string of the molecule is Cc1cccc(C)c1OCCCNc1ccc(Cl)cc1C(=O)O. The number of benzene rings is 2. The van der Waals surface area contributed by atoms with Crippen LogP contribution >= 0.6 is 11.6 Å². The minimum absolute atomic E-state index is 0.174. The van der Waals surface area contributed by atoms with E-state index in [-0.39, 0.29) is 5.56 Å². The molecule has 2 N–H and O–H groups in total. The van der Waals surface area contributed by atoms with Gasteiger partial charge >= 0.3 is 5.97 Å². The number of para-hydroxylation sites is 1. The molecule has 0 heterocycles. The summed E-state index contributed by atoms with van der Waals surface area (Å²) in [6, 6.07) is 10.8. The van der Waals surface area contributed by atoms with Crippen molar-refractivity contribution in [3.05, 3.63) is 58.1 Å². The van der Waals surface area contributed by atoms with Crippen molar-refractivity contribution in [2.24, 2.45) is 0 Å². The molecule has 0 aromatic heterocycles. The lowest BCUT2D eigenvalue weighted by Crippen LogP contribution is -2.11. The molecule has 0 aliphatic carbocycles. The van der Waals surface area contributed by atoms with E-state index >= 15 is 0 Å². The van der Waals surface area contributed by atoms with E-state index in [0.29, 0.717) is 23.9 Å². The van der Waals surface area contributed by atoms with Crippen LogP contribution in [0.25, 0.3) is 0 Å². The molecule has 0 spiro atoms. The number of ether oxygens (including phenoxy) is 1. The Balaban J connectivity index is 1.86. The highest BCUT2D eigenvalue weighted by Gasteiger charge is 2.10. The molecule has 0 amide bonds. The highest BCUT2D eigenvalue weighted by molar-refractivity contribution is 6.31. The Morgan fingerprint density at radius 3 is 2.57 bits per heavy atom. The number of rotatable bonds is 7. The van der Waals surface area contributed by atoms with Crippen LogP contribution < -0.4 is 10.1 Å². The van der Waals surface area contributed by atoms with E-state index in [2.05, 4.69) is 5.32 Å². The van der Waals surface area contributed by atoms with E-state index in [1.165, 1.54) is 6.07 Å². The monoisotopic (exact) mass is 333 g/mol. The van der Waals surface area contributed by atoms with Crippen molar-refractivity contribution in [3.63, 3.8) is 0 Å². The molecule has 2 rings (SSSR count). The number of aromatic carboxylic acids is 1. The maximum absolute atomic E-state index is 11.2. The van der Waals surface area contributed by atoms with Gasteiger partial charge in [0.1, 0.15) is 5.75 Å². The van der Waals surface area contributed by atoms with E-state index < -0.39 is 5.97 Å². The third kappa shape index (κ3) is 4.63. The standard InChI is InChI=1S/C18H20ClNO3/c1-12-5-3-6-13(2)17(12)23-10-4-9-20-16-8-7-14(19)11-15(16)18(21)22/h3,5-8,11,20H,4,9-10H2,1-2H3,(H,21,22). The highest BCUT2D eigenvalue weighted by Crippen LogP contribution is 2.23. The van der Waals surface area contributed by atoms with Crippen LogP contribution in [0.1, 0.15) is 27.9 Å². The van der Waals surface area contributed by atoms with Crippen LogP contribution in [0, 0.1) is 13.8 Å².